The molecule has 0 amide bonds. The van der Waals surface area contributed by atoms with E-state index in [1.165, 1.54) is 5.69 Å². The standard InChI is InChI=1S/C6H5IN2/c1-2-9-5-8-4-6(9)3-7-1/h1-5H. The number of hydrogen-bond acceptors (Lipinski definition) is 1. The number of hydrogen-bond donors (Lipinski definition) is 0. The van der Waals surface area contributed by atoms with Crippen molar-refractivity contribution in [2.75, 3.05) is 0 Å². The molecule has 2 heterocycles. The molecule has 1 aromatic rings. The first kappa shape index (κ1) is 5.34. The van der Waals surface area contributed by atoms with Crippen molar-refractivity contribution in [1.29, 1.82) is 0 Å². The molecular formula is C6H5IN2. The molecule has 1 aliphatic rings. The molecular weight excluding hydrogens is 227 g/mol. The first-order chi connectivity index (χ1) is 4.47. The van der Waals surface area contributed by atoms with Crippen molar-refractivity contribution in [3.05, 3.63) is 22.3 Å². The first-order valence-corrected chi connectivity index (χ1v) is 5.09. The predicted molar refractivity (Wildman–Crippen MR) is 46.7 cm³/mol. The van der Waals surface area contributed by atoms with Crippen LogP contribution in [-0.2, 0) is 0 Å². The predicted octanol–water partition coefficient (Wildman–Crippen LogP) is 1.45. The molecule has 1 aliphatic heterocycles. The molecule has 1 aromatic heterocycles. The largest absolute Gasteiger partial charge is 0.305 e. The van der Waals surface area contributed by atoms with E-state index in [0.717, 1.165) is 0 Å². The molecule has 2 rings (SSSR count). The normalized spacial score (nSPS) is 14.7. The Morgan fingerprint density at radius 1 is 1.56 bits per heavy atom. The summed E-state index contributed by atoms with van der Waals surface area (Å²) in [6.07, 6.45) is 5.80. The first-order valence-electron chi connectivity index (χ1n) is 2.60. The Morgan fingerprint density at radius 3 is 3.44 bits per heavy atom. The lowest BCUT2D eigenvalue weighted by molar-refractivity contribution is 1.13. The lowest BCUT2D eigenvalue weighted by Crippen LogP contribution is -1.91. The molecule has 0 bridgehead atoms. The van der Waals surface area contributed by atoms with E-state index in [-0.39, 0.29) is 20.7 Å². The van der Waals surface area contributed by atoms with Gasteiger partial charge in [-0.15, -0.1) is 0 Å². The fourth-order valence-corrected chi connectivity index (χ4v) is 2.31. The molecule has 0 N–H and O–H groups in total. The third-order valence-corrected chi connectivity index (χ3v) is 2.90. The topological polar surface area (TPSA) is 17.8 Å². The average Bonchev–Trinajstić information content (AvgIpc) is 2.33. The van der Waals surface area contributed by atoms with Crippen LogP contribution in [0.2, 0.25) is 0 Å². The molecule has 0 unspecified atom stereocenters. The van der Waals surface area contributed by atoms with Gasteiger partial charge in [-0.1, -0.05) is 20.7 Å². The Hall–Kier alpha value is -0.450. The third kappa shape index (κ3) is 0.849. The van der Waals surface area contributed by atoms with Gasteiger partial charge in [-0.3, -0.25) is 0 Å². The molecule has 0 saturated heterocycles. The summed E-state index contributed by atoms with van der Waals surface area (Å²) in [5, 5.41) is 0. The molecule has 0 aromatic carbocycles. The van der Waals surface area contributed by atoms with Gasteiger partial charge in [-0.2, -0.15) is 0 Å². The maximum atomic E-state index is 4.00. The summed E-state index contributed by atoms with van der Waals surface area (Å²) in [4.78, 5) is 4.00. The summed E-state index contributed by atoms with van der Waals surface area (Å²) in [5.41, 5.74) is 1.24. The summed E-state index contributed by atoms with van der Waals surface area (Å²) in [5.74, 6) is 0. The smallest absolute Gasteiger partial charge is 0.0992 e. The van der Waals surface area contributed by atoms with Crippen molar-refractivity contribution in [1.82, 2.24) is 9.55 Å². The van der Waals surface area contributed by atoms with Gasteiger partial charge in [0.15, 0.2) is 0 Å². The Balaban J connectivity index is 2.68. The number of halogens is 1. The molecule has 3 heteroatoms. The van der Waals surface area contributed by atoms with Crippen LogP contribution in [0.5, 0.6) is 0 Å². The maximum absolute atomic E-state index is 4.00. The zero-order valence-electron chi connectivity index (χ0n) is 4.66. The number of nitrogens with zero attached hydrogens (tertiary/aromatic N) is 2. The van der Waals surface area contributed by atoms with Crippen LogP contribution in [0.1, 0.15) is 5.69 Å². The molecule has 0 radical (unpaired) electrons. The van der Waals surface area contributed by atoms with E-state index in [1.54, 1.807) is 0 Å². The molecule has 0 aliphatic carbocycles. The zero-order chi connectivity index (χ0) is 6.10. The van der Waals surface area contributed by atoms with Gasteiger partial charge < -0.3 is 4.57 Å². The lowest BCUT2D eigenvalue weighted by Gasteiger charge is -1.97. The van der Waals surface area contributed by atoms with Gasteiger partial charge in [-0.05, 0) is 8.09 Å². The minimum atomic E-state index is 0.185. The van der Waals surface area contributed by atoms with Gasteiger partial charge in [0, 0.05) is 6.20 Å². The Bertz CT molecular complexity index is 246. The summed E-state index contributed by atoms with van der Waals surface area (Å²) in [7, 11) is 0. The average molecular weight is 232 g/mol. The Kier molecular flexibility index (Phi) is 1.22. The molecule has 0 fully saturated rings. The van der Waals surface area contributed by atoms with Crippen LogP contribution in [-0.4, -0.2) is 13.6 Å². The third-order valence-electron chi connectivity index (χ3n) is 1.16. The quantitative estimate of drug-likeness (QED) is 0.619. The monoisotopic (exact) mass is 232 g/mol. The van der Waals surface area contributed by atoms with Crippen LogP contribution in [0.3, 0.4) is 0 Å². The summed E-state index contributed by atoms with van der Waals surface area (Å²) < 4.78 is 6.50. The van der Waals surface area contributed by atoms with E-state index in [4.69, 9.17) is 0 Å². The van der Waals surface area contributed by atoms with Gasteiger partial charge in [0.05, 0.1) is 18.2 Å². The highest BCUT2D eigenvalue weighted by Gasteiger charge is 1.95. The van der Waals surface area contributed by atoms with E-state index in [2.05, 4.69) is 19.3 Å². The number of aromatic nitrogens is 2. The Morgan fingerprint density at radius 2 is 2.56 bits per heavy atom. The number of imidazole rings is 1. The number of rotatable bonds is 0. The van der Waals surface area contributed by atoms with Gasteiger partial charge in [0.25, 0.3) is 0 Å². The van der Waals surface area contributed by atoms with Crippen molar-refractivity contribution in [2.45, 2.75) is 0 Å². The second-order valence-electron chi connectivity index (χ2n) is 1.74. The SMILES string of the molecule is C1=Cn2cncc2C=I1. The van der Waals surface area contributed by atoms with Crippen molar-refractivity contribution in [3.63, 3.8) is 0 Å². The van der Waals surface area contributed by atoms with Crippen LogP contribution >= 0.6 is 20.7 Å². The molecule has 0 atom stereocenters. The van der Waals surface area contributed by atoms with Crippen molar-refractivity contribution in [3.8, 4) is 0 Å². The minimum absolute atomic E-state index is 0.185. The van der Waals surface area contributed by atoms with Crippen LogP contribution in [0, 0.1) is 0 Å². The Labute approximate surface area is 63.0 Å². The van der Waals surface area contributed by atoms with E-state index < -0.39 is 0 Å². The van der Waals surface area contributed by atoms with E-state index >= 15 is 0 Å². The highest BCUT2D eigenvalue weighted by Crippen LogP contribution is 2.10. The van der Waals surface area contributed by atoms with Crippen LogP contribution in [0.4, 0.5) is 0 Å². The summed E-state index contributed by atoms with van der Waals surface area (Å²) >= 11 is 0.185. The van der Waals surface area contributed by atoms with E-state index in [9.17, 15) is 0 Å². The van der Waals surface area contributed by atoms with Crippen LogP contribution < -0.4 is 0 Å². The molecule has 46 valence electrons. The van der Waals surface area contributed by atoms with Crippen molar-refractivity contribution in [2.24, 2.45) is 0 Å². The van der Waals surface area contributed by atoms with Crippen LogP contribution in [0.15, 0.2) is 16.6 Å². The second kappa shape index (κ2) is 2.06. The fourth-order valence-electron chi connectivity index (χ4n) is 0.718. The highest BCUT2D eigenvalue weighted by atomic mass is 127. The minimum Gasteiger partial charge on any atom is -0.305 e. The summed E-state index contributed by atoms with van der Waals surface area (Å²) in [6, 6.07) is 0. The van der Waals surface area contributed by atoms with Gasteiger partial charge >= 0.3 is 0 Å². The number of fused-ring (bicyclic) bond motifs is 1. The van der Waals surface area contributed by atoms with Crippen molar-refractivity contribution < 1.29 is 0 Å². The summed E-state index contributed by atoms with van der Waals surface area (Å²) in [6.45, 7) is 0. The molecule has 0 spiro atoms. The van der Waals surface area contributed by atoms with Gasteiger partial charge in [0.1, 0.15) is 0 Å². The molecule has 9 heavy (non-hydrogen) atoms. The van der Waals surface area contributed by atoms with Crippen molar-refractivity contribution >= 4 is 30.9 Å². The van der Waals surface area contributed by atoms with Crippen LogP contribution in [0.25, 0.3) is 6.20 Å². The molecule has 0 saturated carbocycles. The highest BCUT2D eigenvalue weighted by molar-refractivity contribution is 14.2. The fraction of sp³-hybridized carbons (Fsp3) is 0. The van der Waals surface area contributed by atoms with E-state index in [0.29, 0.717) is 0 Å². The molecule has 2 nitrogen and oxygen atoms in total. The van der Waals surface area contributed by atoms with E-state index in [1.807, 2.05) is 17.1 Å². The van der Waals surface area contributed by atoms with Gasteiger partial charge in [-0.25, -0.2) is 4.98 Å². The second-order valence-corrected chi connectivity index (χ2v) is 3.80. The van der Waals surface area contributed by atoms with Gasteiger partial charge in [0.2, 0.25) is 0 Å². The lowest BCUT2D eigenvalue weighted by atomic mass is 10.5. The maximum Gasteiger partial charge on any atom is 0.0992 e. The zero-order valence-corrected chi connectivity index (χ0v) is 6.82.